The van der Waals surface area contributed by atoms with Crippen LogP contribution < -0.4 is 0 Å². The Hall–Kier alpha value is -1.59. The van der Waals surface area contributed by atoms with E-state index in [1.54, 1.807) is 0 Å². The second kappa shape index (κ2) is 6.03. The Balaban J connectivity index is 1.54. The van der Waals surface area contributed by atoms with E-state index < -0.39 is 6.09 Å². The summed E-state index contributed by atoms with van der Waals surface area (Å²) >= 11 is 0. The maximum Gasteiger partial charge on any atom is 0.417 e. The van der Waals surface area contributed by atoms with E-state index in [9.17, 15) is 14.4 Å². The van der Waals surface area contributed by atoms with Gasteiger partial charge < -0.3 is 9.64 Å². The van der Waals surface area contributed by atoms with Gasteiger partial charge in [-0.05, 0) is 25.7 Å². The molecule has 0 aromatic rings. The minimum Gasteiger partial charge on any atom is -0.439 e. The fourth-order valence-corrected chi connectivity index (χ4v) is 3.67. The van der Waals surface area contributed by atoms with Crippen LogP contribution in [0, 0.1) is 5.92 Å². The van der Waals surface area contributed by atoms with Crippen LogP contribution in [-0.4, -0.2) is 53.4 Å². The highest BCUT2D eigenvalue weighted by Crippen LogP contribution is 2.27. The van der Waals surface area contributed by atoms with Crippen molar-refractivity contribution in [2.24, 2.45) is 5.92 Å². The van der Waals surface area contributed by atoms with Crippen molar-refractivity contribution in [3.63, 3.8) is 0 Å². The summed E-state index contributed by atoms with van der Waals surface area (Å²) in [7, 11) is 0. The lowest BCUT2D eigenvalue weighted by Gasteiger charge is -2.37. The quantitative estimate of drug-likeness (QED) is 0.774. The fourth-order valence-electron chi connectivity index (χ4n) is 3.67. The molecule has 0 aromatic carbocycles. The standard InChI is InChI=1S/C15H22N2O4/c18-13-10-21-15(20)17(13)12-6-8-16(9-7-12)14(19)11-4-2-1-3-5-11/h11-12H,1-10H2. The van der Waals surface area contributed by atoms with Crippen molar-refractivity contribution in [1.29, 1.82) is 0 Å². The molecular formula is C15H22N2O4. The molecular weight excluding hydrogens is 272 g/mol. The van der Waals surface area contributed by atoms with Crippen LogP contribution in [-0.2, 0) is 14.3 Å². The smallest absolute Gasteiger partial charge is 0.417 e. The Morgan fingerprint density at radius 2 is 1.67 bits per heavy atom. The Morgan fingerprint density at radius 3 is 2.24 bits per heavy atom. The molecule has 116 valence electrons. The first-order valence-electron chi connectivity index (χ1n) is 7.94. The first-order valence-corrected chi connectivity index (χ1v) is 7.94. The number of likely N-dealkylation sites (tertiary alicyclic amines) is 1. The molecule has 0 bridgehead atoms. The van der Waals surface area contributed by atoms with Gasteiger partial charge in [-0.3, -0.25) is 9.59 Å². The first-order chi connectivity index (χ1) is 10.2. The number of hydrogen-bond acceptors (Lipinski definition) is 4. The van der Waals surface area contributed by atoms with Crippen LogP contribution in [0.4, 0.5) is 4.79 Å². The van der Waals surface area contributed by atoms with Crippen molar-refractivity contribution in [1.82, 2.24) is 9.80 Å². The molecule has 3 fully saturated rings. The lowest BCUT2D eigenvalue weighted by molar-refractivity contribution is -0.138. The molecule has 0 unspecified atom stereocenters. The molecule has 1 aliphatic carbocycles. The second-order valence-corrected chi connectivity index (χ2v) is 6.21. The van der Waals surface area contributed by atoms with Crippen LogP contribution in [0.2, 0.25) is 0 Å². The molecule has 0 atom stereocenters. The third-order valence-electron chi connectivity index (χ3n) is 4.88. The molecule has 6 heteroatoms. The zero-order chi connectivity index (χ0) is 14.8. The van der Waals surface area contributed by atoms with E-state index in [0.29, 0.717) is 25.9 Å². The molecule has 3 amide bonds. The molecule has 3 rings (SSSR count). The maximum absolute atomic E-state index is 12.5. The Bertz CT molecular complexity index is 421. The summed E-state index contributed by atoms with van der Waals surface area (Å²) in [5.74, 6) is 0.203. The third kappa shape index (κ3) is 2.89. The summed E-state index contributed by atoms with van der Waals surface area (Å²) in [6.07, 6.45) is 6.37. The summed E-state index contributed by atoms with van der Waals surface area (Å²) < 4.78 is 4.76. The lowest BCUT2D eigenvalue weighted by Crippen LogP contribution is -2.49. The zero-order valence-corrected chi connectivity index (χ0v) is 12.3. The monoisotopic (exact) mass is 294 g/mol. The third-order valence-corrected chi connectivity index (χ3v) is 4.88. The number of nitrogens with zero attached hydrogens (tertiary/aromatic N) is 2. The highest BCUT2D eigenvalue weighted by atomic mass is 16.6. The molecule has 0 spiro atoms. The van der Waals surface area contributed by atoms with Gasteiger partial charge in [0.15, 0.2) is 6.61 Å². The van der Waals surface area contributed by atoms with E-state index in [1.807, 2.05) is 4.90 Å². The van der Waals surface area contributed by atoms with Gasteiger partial charge in [-0.15, -0.1) is 0 Å². The van der Waals surface area contributed by atoms with Gasteiger partial charge in [-0.25, -0.2) is 9.69 Å². The van der Waals surface area contributed by atoms with Gasteiger partial charge in [-0.2, -0.15) is 0 Å². The van der Waals surface area contributed by atoms with Crippen LogP contribution in [0.1, 0.15) is 44.9 Å². The van der Waals surface area contributed by atoms with Crippen molar-refractivity contribution >= 4 is 17.9 Å². The summed E-state index contributed by atoms with van der Waals surface area (Å²) in [5, 5.41) is 0. The molecule has 2 aliphatic heterocycles. The van der Waals surface area contributed by atoms with Crippen molar-refractivity contribution < 1.29 is 19.1 Å². The van der Waals surface area contributed by atoms with E-state index in [4.69, 9.17) is 4.74 Å². The number of cyclic esters (lactones) is 1. The van der Waals surface area contributed by atoms with Gasteiger partial charge in [0.2, 0.25) is 5.91 Å². The SMILES string of the molecule is O=C(C1CCCCC1)N1CCC(N2C(=O)COC2=O)CC1. The predicted molar refractivity (Wildman–Crippen MR) is 74.4 cm³/mol. The zero-order valence-electron chi connectivity index (χ0n) is 12.3. The average molecular weight is 294 g/mol. The van der Waals surface area contributed by atoms with Gasteiger partial charge in [0, 0.05) is 25.0 Å². The molecule has 6 nitrogen and oxygen atoms in total. The lowest BCUT2D eigenvalue weighted by atomic mass is 9.87. The van der Waals surface area contributed by atoms with Crippen LogP contribution in [0.5, 0.6) is 0 Å². The van der Waals surface area contributed by atoms with Crippen molar-refractivity contribution in [3.05, 3.63) is 0 Å². The second-order valence-electron chi connectivity index (χ2n) is 6.21. The Morgan fingerprint density at radius 1 is 1.00 bits per heavy atom. The topological polar surface area (TPSA) is 66.9 Å². The van der Waals surface area contributed by atoms with Gasteiger partial charge in [-0.1, -0.05) is 19.3 Å². The summed E-state index contributed by atoms with van der Waals surface area (Å²) in [4.78, 5) is 38.8. The number of amides is 3. The van der Waals surface area contributed by atoms with Gasteiger partial charge in [0.1, 0.15) is 0 Å². The first kappa shape index (κ1) is 14.4. The molecule has 2 saturated heterocycles. The minimum absolute atomic E-state index is 0.108. The Labute approximate surface area is 124 Å². The summed E-state index contributed by atoms with van der Waals surface area (Å²) in [5.41, 5.74) is 0. The molecule has 0 radical (unpaired) electrons. The molecule has 1 saturated carbocycles. The van der Waals surface area contributed by atoms with E-state index in [-0.39, 0.29) is 30.4 Å². The molecule has 0 aromatic heterocycles. The number of carbonyl (C=O) groups is 3. The highest BCUT2D eigenvalue weighted by molar-refractivity contribution is 5.98. The van der Waals surface area contributed by atoms with Crippen LogP contribution in [0.3, 0.4) is 0 Å². The number of ether oxygens (including phenoxy) is 1. The van der Waals surface area contributed by atoms with Crippen LogP contribution in [0.15, 0.2) is 0 Å². The Kier molecular flexibility index (Phi) is 4.12. The normalized spacial score (nSPS) is 25.3. The maximum atomic E-state index is 12.5. The molecule has 3 aliphatic rings. The van der Waals surface area contributed by atoms with E-state index in [0.717, 1.165) is 25.7 Å². The van der Waals surface area contributed by atoms with Crippen molar-refractivity contribution in [2.75, 3.05) is 19.7 Å². The molecule has 0 N–H and O–H groups in total. The van der Waals surface area contributed by atoms with E-state index >= 15 is 0 Å². The van der Waals surface area contributed by atoms with Crippen molar-refractivity contribution in [2.45, 2.75) is 51.0 Å². The fraction of sp³-hybridized carbons (Fsp3) is 0.800. The number of piperidine rings is 1. The van der Waals surface area contributed by atoms with Gasteiger partial charge >= 0.3 is 6.09 Å². The highest BCUT2D eigenvalue weighted by Gasteiger charge is 2.39. The minimum atomic E-state index is -0.531. The number of imide groups is 1. The number of carbonyl (C=O) groups excluding carboxylic acids is 3. The van der Waals surface area contributed by atoms with E-state index in [1.165, 1.54) is 11.3 Å². The van der Waals surface area contributed by atoms with Crippen LogP contribution in [0.25, 0.3) is 0 Å². The molecule has 21 heavy (non-hydrogen) atoms. The predicted octanol–water partition coefficient (Wildman–Crippen LogP) is 1.54. The summed E-state index contributed by atoms with van der Waals surface area (Å²) in [6.45, 7) is 1.13. The van der Waals surface area contributed by atoms with Gasteiger partial charge in [0.25, 0.3) is 5.91 Å². The van der Waals surface area contributed by atoms with Gasteiger partial charge in [0.05, 0.1) is 0 Å². The van der Waals surface area contributed by atoms with E-state index in [2.05, 4.69) is 0 Å². The van der Waals surface area contributed by atoms with Crippen molar-refractivity contribution in [3.8, 4) is 0 Å². The average Bonchev–Trinajstić information content (AvgIpc) is 2.87. The number of hydrogen-bond donors (Lipinski definition) is 0. The molecule has 2 heterocycles. The van der Waals surface area contributed by atoms with Crippen LogP contribution >= 0.6 is 0 Å². The summed E-state index contributed by atoms with van der Waals surface area (Å²) in [6, 6.07) is -0.108. The number of rotatable bonds is 2. The largest absolute Gasteiger partial charge is 0.439 e.